The Morgan fingerprint density at radius 3 is 2.12 bits per heavy atom. The molecule has 6 heteroatoms. The quantitative estimate of drug-likeness (QED) is 0.300. The first-order chi connectivity index (χ1) is 7.47. The van der Waals surface area contributed by atoms with E-state index in [9.17, 15) is 18.4 Å². The molecule has 0 aromatic rings. The van der Waals surface area contributed by atoms with Gasteiger partial charge < -0.3 is 9.64 Å². The number of esters is 1. The monoisotopic (exact) mass is 235 g/mol. The summed E-state index contributed by atoms with van der Waals surface area (Å²) < 4.78 is 28.7. The number of halogens is 2. The molecule has 0 fully saturated rings. The van der Waals surface area contributed by atoms with Gasteiger partial charge in [-0.2, -0.15) is 0 Å². The first kappa shape index (κ1) is 14.5. The van der Waals surface area contributed by atoms with Gasteiger partial charge in [0.1, 0.15) is 5.57 Å². The summed E-state index contributed by atoms with van der Waals surface area (Å²) in [6, 6.07) is 0. The van der Waals surface area contributed by atoms with Crippen LogP contribution in [0.2, 0.25) is 0 Å². The van der Waals surface area contributed by atoms with Crippen LogP contribution >= 0.6 is 0 Å². The van der Waals surface area contributed by atoms with Gasteiger partial charge in [-0.15, -0.1) is 0 Å². The number of nitrogens with zero attached hydrogens (tertiary/aromatic N) is 1. The lowest BCUT2D eigenvalue weighted by Gasteiger charge is -2.16. The van der Waals surface area contributed by atoms with Gasteiger partial charge in [-0.3, -0.25) is 4.79 Å². The molecule has 16 heavy (non-hydrogen) atoms. The molecule has 0 saturated carbocycles. The largest absolute Gasteiger partial charge is 0.465 e. The van der Waals surface area contributed by atoms with Gasteiger partial charge in [-0.25, -0.2) is 13.6 Å². The lowest BCUT2D eigenvalue weighted by atomic mass is 10.2. The third-order valence-electron chi connectivity index (χ3n) is 1.99. The van der Waals surface area contributed by atoms with Crippen LogP contribution in [0.1, 0.15) is 13.8 Å². The van der Waals surface area contributed by atoms with Crippen LogP contribution in [-0.2, 0) is 14.3 Å². The van der Waals surface area contributed by atoms with Crippen LogP contribution in [0.3, 0.4) is 0 Å². The highest BCUT2D eigenvalue weighted by atomic mass is 19.3. The summed E-state index contributed by atoms with van der Waals surface area (Å²) in [5, 5.41) is 0. The van der Waals surface area contributed by atoms with Gasteiger partial charge in [0, 0.05) is 19.3 Å². The fourth-order valence-electron chi connectivity index (χ4n) is 1.03. The van der Waals surface area contributed by atoms with Gasteiger partial charge in [0.05, 0.1) is 7.11 Å². The summed E-state index contributed by atoms with van der Waals surface area (Å²) >= 11 is 0. The third-order valence-corrected chi connectivity index (χ3v) is 1.99. The number of ether oxygens (including phenoxy) is 1. The molecule has 0 aliphatic rings. The number of hydrogen-bond donors (Lipinski definition) is 0. The Morgan fingerprint density at radius 1 is 1.31 bits per heavy atom. The SMILES string of the molecule is CCN(/C=C(\C(=O)OC)C(=O)C(F)F)CC. The van der Waals surface area contributed by atoms with Crippen molar-refractivity contribution < 1.29 is 23.1 Å². The van der Waals surface area contributed by atoms with Crippen LogP contribution in [0.25, 0.3) is 0 Å². The summed E-state index contributed by atoms with van der Waals surface area (Å²) in [7, 11) is 1.04. The van der Waals surface area contributed by atoms with E-state index < -0.39 is 23.8 Å². The van der Waals surface area contributed by atoms with E-state index in [1.54, 1.807) is 18.7 Å². The lowest BCUT2D eigenvalue weighted by molar-refractivity contribution is -0.140. The van der Waals surface area contributed by atoms with Crippen LogP contribution in [0, 0.1) is 0 Å². The number of hydrogen-bond acceptors (Lipinski definition) is 4. The average molecular weight is 235 g/mol. The number of methoxy groups -OCH3 is 1. The highest BCUT2D eigenvalue weighted by Crippen LogP contribution is 2.09. The molecule has 0 aliphatic heterocycles. The van der Waals surface area contributed by atoms with Crippen LogP contribution in [-0.4, -0.2) is 43.3 Å². The smallest absolute Gasteiger partial charge is 0.343 e. The van der Waals surface area contributed by atoms with Crippen molar-refractivity contribution in [2.75, 3.05) is 20.2 Å². The fraction of sp³-hybridized carbons (Fsp3) is 0.600. The van der Waals surface area contributed by atoms with Crippen molar-refractivity contribution in [3.63, 3.8) is 0 Å². The average Bonchev–Trinajstić information content (AvgIpc) is 2.29. The van der Waals surface area contributed by atoms with Crippen molar-refractivity contribution in [3.8, 4) is 0 Å². The molecule has 92 valence electrons. The van der Waals surface area contributed by atoms with Crippen molar-refractivity contribution in [1.82, 2.24) is 4.90 Å². The Labute approximate surface area is 92.9 Å². The number of ketones is 1. The second-order valence-electron chi connectivity index (χ2n) is 2.92. The number of Topliss-reactive ketones (excluding diaryl/α,β-unsaturated/α-hetero) is 1. The van der Waals surface area contributed by atoms with E-state index in [1.807, 2.05) is 0 Å². The molecule has 4 nitrogen and oxygen atoms in total. The zero-order valence-corrected chi connectivity index (χ0v) is 9.50. The summed E-state index contributed by atoms with van der Waals surface area (Å²) in [6.07, 6.45) is -2.10. The van der Waals surface area contributed by atoms with Crippen molar-refractivity contribution in [2.45, 2.75) is 20.3 Å². The second kappa shape index (κ2) is 6.92. The van der Waals surface area contributed by atoms with Gasteiger partial charge >= 0.3 is 12.4 Å². The van der Waals surface area contributed by atoms with E-state index in [-0.39, 0.29) is 0 Å². The maximum absolute atomic E-state index is 12.2. The molecule has 0 heterocycles. The van der Waals surface area contributed by atoms with E-state index in [0.29, 0.717) is 13.1 Å². The highest BCUT2D eigenvalue weighted by molar-refractivity contribution is 6.18. The standard InChI is InChI=1S/C10H15F2NO3/c1-4-13(5-2)6-7(10(15)16-3)8(14)9(11)12/h6,9H,4-5H2,1-3H3/b7-6-. The predicted octanol–water partition coefficient (Wildman–Crippen LogP) is 1.22. The van der Waals surface area contributed by atoms with Gasteiger partial charge in [-0.1, -0.05) is 0 Å². The molecule has 0 bridgehead atoms. The highest BCUT2D eigenvalue weighted by Gasteiger charge is 2.27. The molecule has 0 spiro atoms. The minimum atomic E-state index is -3.21. The van der Waals surface area contributed by atoms with Gasteiger partial charge in [0.25, 0.3) is 0 Å². The Kier molecular flexibility index (Phi) is 6.29. The molecule has 0 aliphatic carbocycles. The van der Waals surface area contributed by atoms with Crippen LogP contribution in [0.5, 0.6) is 0 Å². The van der Waals surface area contributed by atoms with Crippen molar-refractivity contribution in [3.05, 3.63) is 11.8 Å². The van der Waals surface area contributed by atoms with Crippen LogP contribution in [0.15, 0.2) is 11.8 Å². The van der Waals surface area contributed by atoms with Gasteiger partial charge in [-0.05, 0) is 13.8 Å². The Balaban J connectivity index is 5.08. The first-order valence-corrected chi connectivity index (χ1v) is 4.84. The molecule has 0 rings (SSSR count). The first-order valence-electron chi connectivity index (χ1n) is 4.84. The molecule has 0 aromatic heterocycles. The Bertz CT molecular complexity index is 286. The molecule has 0 atom stereocenters. The number of carbonyl (C=O) groups is 2. The van der Waals surface area contributed by atoms with E-state index in [2.05, 4.69) is 4.74 Å². The lowest BCUT2D eigenvalue weighted by Crippen LogP contribution is -2.25. The van der Waals surface area contributed by atoms with Crippen molar-refractivity contribution in [2.24, 2.45) is 0 Å². The minimum absolute atomic E-state index is 0.507. The molecular weight excluding hydrogens is 220 g/mol. The van der Waals surface area contributed by atoms with E-state index >= 15 is 0 Å². The molecule has 0 aromatic carbocycles. The zero-order valence-electron chi connectivity index (χ0n) is 9.50. The van der Waals surface area contributed by atoms with E-state index in [4.69, 9.17) is 0 Å². The number of alkyl halides is 2. The maximum atomic E-state index is 12.2. The molecule has 0 saturated heterocycles. The second-order valence-corrected chi connectivity index (χ2v) is 2.92. The summed E-state index contributed by atoms with van der Waals surface area (Å²) in [6.45, 7) is 4.57. The number of carbonyl (C=O) groups excluding carboxylic acids is 2. The summed E-state index contributed by atoms with van der Waals surface area (Å²) in [4.78, 5) is 23.8. The van der Waals surface area contributed by atoms with Crippen molar-refractivity contribution in [1.29, 1.82) is 0 Å². The van der Waals surface area contributed by atoms with Gasteiger partial charge in [0.15, 0.2) is 0 Å². The third kappa shape index (κ3) is 3.96. The van der Waals surface area contributed by atoms with Gasteiger partial charge in [0.2, 0.25) is 5.78 Å². The topological polar surface area (TPSA) is 46.6 Å². The van der Waals surface area contributed by atoms with E-state index in [0.717, 1.165) is 13.3 Å². The number of rotatable bonds is 6. The molecule has 0 amide bonds. The van der Waals surface area contributed by atoms with E-state index in [1.165, 1.54) is 0 Å². The zero-order chi connectivity index (χ0) is 12.7. The molecular formula is C10H15F2NO3. The minimum Gasteiger partial charge on any atom is -0.465 e. The van der Waals surface area contributed by atoms with Crippen molar-refractivity contribution >= 4 is 11.8 Å². The normalized spacial score (nSPS) is 11.5. The maximum Gasteiger partial charge on any atom is 0.343 e. The summed E-state index contributed by atoms with van der Waals surface area (Å²) in [5.74, 6) is -2.56. The Hall–Kier alpha value is -1.46. The fourth-order valence-corrected chi connectivity index (χ4v) is 1.03. The molecule has 0 N–H and O–H groups in total. The Morgan fingerprint density at radius 2 is 1.81 bits per heavy atom. The van der Waals surface area contributed by atoms with Crippen LogP contribution in [0.4, 0.5) is 8.78 Å². The summed E-state index contributed by atoms with van der Waals surface area (Å²) in [5.41, 5.74) is -0.624. The van der Waals surface area contributed by atoms with Crippen LogP contribution < -0.4 is 0 Å². The molecule has 0 unspecified atom stereocenters. The molecule has 0 radical (unpaired) electrons. The predicted molar refractivity (Wildman–Crippen MR) is 54.0 cm³/mol.